The summed E-state index contributed by atoms with van der Waals surface area (Å²) in [5, 5.41) is 4.08. The number of ether oxygens (including phenoxy) is 3. The van der Waals surface area contributed by atoms with Crippen molar-refractivity contribution in [2.45, 2.75) is 57.5 Å². The van der Waals surface area contributed by atoms with Gasteiger partial charge in [0.05, 0.1) is 18.1 Å². The Kier molecular flexibility index (Phi) is 3.81. The van der Waals surface area contributed by atoms with Crippen molar-refractivity contribution in [3.63, 3.8) is 0 Å². The minimum absolute atomic E-state index is 0.257. The summed E-state index contributed by atoms with van der Waals surface area (Å²) in [5.74, 6) is 1.40. The maximum absolute atomic E-state index is 5.82. The Morgan fingerprint density at radius 3 is 2.63 bits per heavy atom. The van der Waals surface area contributed by atoms with Gasteiger partial charge in [-0.3, -0.25) is 0 Å². The summed E-state index contributed by atoms with van der Waals surface area (Å²) in [4.78, 5) is 4.44. The smallest absolute Gasteiger partial charge is 0.283 e. The highest BCUT2D eigenvalue weighted by molar-refractivity contribution is 5.07. The highest BCUT2D eigenvalue weighted by Gasteiger charge is 2.44. The average molecular weight is 268 g/mol. The fourth-order valence-electron chi connectivity index (χ4n) is 2.90. The standard InChI is InChI=1S/C13H20N2O4/c1-3-16-13(17-4-2)12-14-11(15-19-12)9-7-8-5-6-10(9)18-8/h8-10,13H,3-7H2,1-2H3. The molecule has 3 rings (SSSR count). The molecular formula is C13H20N2O4. The first-order valence-corrected chi connectivity index (χ1v) is 7.04. The van der Waals surface area contributed by atoms with Crippen LogP contribution in [0.15, 0.2) is 4.52 Å². The van der Waals surface area contributed by atoms with Crippen molar-refractivity contribution >= 4 is 0 Å². The van der Waals surface area contributed by atoms with Crippen LogP contribution in [0.2, 0.25) is 0 Å². The summed E-state index contributed by atoms with van der Waals surface area (Å²) >= 11 is 0. The van der Waals surface area contributed by atoms with Crippen LogP contribution in [-0.2, 0) is 14.2 Å². The highest BCUT2D eigenvalue weighted by atomic mass is 16.7. The maximum atomic E-state index is 5.82. The molecular weight excluding hydrogens is 248 g/mol. The molecule has 0 aliphatic carbocycles. The van der Waals surface area contributed by atoms with Gasteiger partial charge >= 0.3 is 0 Å². The lowest BCUT2D eigenvalue weighted by molar-refractivity contribution is -0.155. The lowest BCUT2D eigenvalue weighted by Crippen LogP contribution is -2.16. The Morgan fingerprint density at radius 1 is 1.26 bits per heavy atom. The van der Waals surface area contributed by atoms with E-state index >= 15 is 0 Å². The molecule has 106 valence electrons. The van der Waals surface area contributed by atoms with Crippen LogP contribution in [0.5, 0.6) is 0 Å². The molecule has 3 atom stereocenters. The first-order chi connectivity index (χ1) is 9.31. The van der Waals surface area contributed by atoms with E-state index in [1.165, 1.54) is 0 Å². The minimum atomic E-state index is -0.559. The van der Waals surface area contributed by atoms with E-state index in [2.05, 4.69) is 10.1 Å². The van der Waals surface area contributed by atoms with E-state index in [0.29, 0.717) is 25.2 Å². The molecule has 2 aliphatic heterocycles. The molecule has 6 nitrogen and oxygen atoms in total. The number of rotatable bonds is 6. The predicted octanol–water partition coefficient (Wildman–Crippen LogP) is 2.18. The molecule has 3 heterocycles. The Balaban J connectivity index is 1.71. The normalized spacial score (nSPS) is 29.5. The molecule has 0 amide bonds. The van der Waals surface area contributed by atoms with Crippen molar-refractivity contribution in [1.82, 2.24) is 10.1 Å². The Labute approximate surface area is 112 Å². The molecule has 2 bridgehead atoms. The van der Waals surface area contributed by atoms with Crippen LogP contribution >= 0.6 is 0 Å². The third kappa shape index (κ3) is 2.52. The summed E-state index contributed by atoms with van der Waals surface area (Å²) in [5.41, 5.74) is 0. The second kappa shape index (κ2) is 5.56. The van der Waals surface area contributed by atoms with Crippen molar-refractivity contribution in [3.8, 4) is 0 Å². The fraction of sp³-hybridized carbons (Fsp3) is 0.846. The van der Waals surface area contributed by atoms with Gasteiger partial charge in [-0.2, -0.15) is 4.98 Å². The van der Waals surface area contributed by atoms with Gasteiger partial charge in [0.25, 0.3) is 5.89 Å². The number of fused-ring (bicyclic) bond motifs is 2. The molecule has 1 aromatic heterocycles. The minimum Gasteiger partial charge on any atom is -0.374 e. The lowest BCUT2D eigenvalue weighted by Gasteiger charge is -2.14. The zero-order valence-electron chi connectivity index (χ0n) is 11.4. The Bertz CT molecular complexity index is 417. The van der Waals surface area contributed by atoms with Gasteiger partial charge in [0.2, 0.25) is 6.29 Å². The summed E-state index contributed by atoms with van der Waals surface area (Å²) in [7, 11) is 0. The van der Waals surface area contributed by atoms with E-state index < -0.39 is 6.29 Å². The summed E-state index contributed by atoms with van der Waals surface area (Å²) in [6.07, 6.45) is 3.33. The van der Waals surface area contributed by atoms with Gasteiger partial charge in [-0.1, -0.05) is 5.16 Å². The zero-order chi connectivity index (χ0) is 13.2. The largest absolute Gasteiger partial charge is 0.374 e. The number of nitrogens with zero attached hydrogens (tertiary/aromatic N) is 2. The van der Waals surface area contributed by atoms with E-state index in [4.69, 9.17) is 18.7 Å². The zero-order valence-corrected chi connectivity index (χ0v) is 11.4. The second-order valence-electron chi connectivity index (χ2n) is 4.95. The van der Waals surface area contributed by atoms with Gasteiger partial charge in [0.15, 0.2) is 5.82 Å². The molecule has 2 fully saturated rings. The van der Waals surface area contributed by atoms with Crippen molar-refractivity contribution in [3.05, 3.63) is 11.7 Å². The van der Waals surface area contributed by atoms with Crippen LogP contribution in [0.25, 0.3) is 0 Å². The summed E-state index contributed by atoms with van der Waals surface area (Å²) in [6.45, 7) is 4.90. The molecule has 0 spiro atoms. The Morgan fingerprint density at radius 2 is 2.05 bits per heavy atom. The molecule has 1 aromatic rings. The molecule has 0 saturated carbocycles. The van der Waals surface area contributed by atoms with Crippen molar-refractivity contribution in [2.75, 3.05) is 13.2 Å². The van der Waals surface area contributed by atoms with Gasteiger partial charge in [0, 0.05) is 13.2 Å². The van der Waals surface area contributed by atoms with Crippen LogP contribution in [-0.4, -0.2) is 35.6 Å². The lowest BCUT2D eigenvalue weighted by atomic mass is 9.89. The van der Waals surface area contributed by atoms with Crippen LogP contribution in [0.3, 0.4) is 0 Å². The van der Waals surface area contributed by atoms with Gasteiger partial charge in [0.1, 0.15) is 0 Å². The molecule has 0 N–H and O–H groups in total. The van der Waals surface area contributed by atoms with Gasteiger partial charge in [-0.25, -0.2) is 0 Å². The van der Waals surface area contributed by atoms with Gasteiger partial charge < -0.3 is 18.7 Å². The van der Waals surface area contributed by atoms with Crippen LogP contribution < -0.4 is 0 Å². The van der Waals surface area contributed by atoms with E-state index in [9.17, 15) is 0 Å². The van der Waals surface area contributed by atoms with E-state index in [-0.39, 0.29) is 12.0 Å². The summed E-state index contributed by atoms with van der Waals surface area (Å²) < 4.78 is 22.0. The molecule has 2 saturated heterocycles. The maximum Gasteiger partial charge on any atom is 0.283 e. The first kappa shape index (κ1) is 13.0. The van der Waals surface area contributed by atoms with E-state index in [0.717, 1.165) is 25.1 Å². The van der Waals surface area contributed by atoms with Crippen LogP contribution in [0.4, 0.5) is 0 Å². The van der Waals surface area contributed by atoms with Crippen LogP contribution in [0.1, 0.15) is 57.0 Å². The summed E-state index contributed by atoms with van der Waals surface area (Å²) in [6, 6.07) is 0. The molecule has 0 radical (unpaired) electrons. The van der Waals surface area contributed by atoms with Crippen LogP contribution in [0, 0.1) is 0 Å². The molecule has 0 aromatic carbocycles. The number of hydrogen-bond donors (Lipinski definition) is 0. The predicted molar refractivity (Wildman–Crippen MR) is 65.5 cm³/mol. The topological polar surface area (TPSA) is 66.6 Å². The highest BCUT2D eigenvalue weighted by Crippen LogP contribution is 2.43. The second-order valence-corrected chi connectivity index (χ2v) is 4.95. The van der Waals surface area contributed by atoms with Crippen molar-refractivity contribution < 1.29 is 18.7 Å². The molecule has 19 heavy (non-hydrogen) atoms. The fourth-order valence-corrected chi connectivity index (χ4v) is 2.90. The SMILES string of the molecule is CCOC(OCC)c1nc(C2CC3CCC2O3)no1. The third-order valence-corrected chi connectivity index (χ3v) is 3.73. The number of hydrogen-bond acceptors (Lipinski definition) is 6. The monoisotopic (exact) mass is 268 g/mol. The van der Waals surface area contributed by atoms with Crippen molar-refractivity contribution in [1.29, 1.82) is 0 Å². The molecule has 6 heteroatoms. The third-order valence-electron chi connectivity index (χ3n) is 3.73. The Hall–Kier alpha value is -0.980. The van der Waals surface area contributed by atoms with Gasteiger partial charge in [-0.05, 0) is 33.1 Å². The van der Waals surface area contributed by atoms with Gasteiger partial charge in [-0.15, -0.1) is 0 Å². The van der Waals surface area contributed by atoms with E-state index in [1.807, 2.05) is 13.8 Å². The number of aromatic nitrogens is 2. The quantitative estimate of drug-likeness (QED) is 0.737. The molecule has 3 unspecified atom stereocenters. The van der Waals surface area contributed by atoms with Crippen molar-refractivity contribution in [2.24, 2.45) is 0 Å². The first-order valence-electron chi connectivity index (χ1n) is 7.04. The molecule has 2 aliphatic rings. The average Bonchev–Trinajstić information content (AvgIpc) is 3.14. The van der Waals surface area contributed by atoms with E-state index in [1.54, 1.807) is 0 Å².